The van der Waals surface area contributed by atoms with Crippen LogP contribution in [0.15, 0.2) is 80.6 Å². The minimum Gasteiger partial charge on any atom is -0.408 e. The van der Waals surface area contributed by atoms with Crippen LogP contribution in [-0.2, 0) is 16.0 Å². The molecule has 10 nitrogen and oxygen atoms in total. The molecule has 0 saturated carbocycles. The topological polar surface area (TPSA) is 133 Å². The van der Waals surface area contributed by atoms with Crippen LogP contribution in [0.3, 0.4) is 0 Å². The van der Waals surface area contributed by atoms with Gasteiger partial charge in [-0.25, -0.2) is 4.79 Å². The lowest BCUT2D eigenvalue weighted by Gasteiger charge is -2.21. The summed E-state index contributed by atoms with van der Waals surface area (Å²) in [6.45, 7) is 0. The van der Waals surface area contributed by atoms with Gasteiger partial charge < -0.3 is 8.94 Å². The third-order valence-electron chi connectivity index (χ3n) is 6.10. The monoisotopic (exact) mass is 481 g/mol. The fourth-order valence-electron chi connectivity index (χ4n) is 4.38. The smallest absolute Gasteiger partial charge is 0.408 e. The molecule has 5 aromatic rings. The van der Waals surface area contributed by atoms with E-state index >= 15 is 0 Å². The van der Waals surface area contributed by atoms with Crippen LogP contribution >= 0.6 is 0 Å². The Balaban J connectivity index is 1.28. The lowest BCUT2D eigenvalue weighted by atomic mass is 10.1. The van der Waals surface area contributed by atoms with Gasteiger partial charge in [-0.05, 0) is 42.3 Å². The van der Waals surface area contributed by atoms with Crippen molar-refractivity contribution in [3.05, 3.63) is 88.9 Å². The number of oxazole rings is 1. The van der Waals surface area contributed by atoms with E-state index in [1.54, 1.807) is 24.4 Å². The molecule has 178 valence electrons. The fourth-order valence-corrected chi connectivity index (χ4v) is 4.38. The first kappa shape index (κ1) is 21.7. The van der Waals surface area contributed by atoms with Gasteiger partial charge in [0.2, 0.25) is 23.5 Å². The van der Waals surface area contributed by atoms with Gasteiger partial charge in [0.25, 0.3) is 0 Å². The lowest BCUT2D eigenvalue weighted by Crippen LogP contribution is -2.43. The Morgan fingerprint density at radius 1 is 1.00 bits per heavy atom. The molecular weight excluding hydrogens is 462 g/mol. The molecule has 1 aliphatic rings. The van der Waals surface area contributed by atoms with Gasteiger partial charge in [-0.3, -0.25) is 24.5 Å². The second-order valence-electron chi connectivity index (χ2n) is 8.49. The van der Waals surface area contributed by atoms with Crippen molar-refractivity contribution in [1.82, 2.24) is 25.0 Å². The summed E-state index contributed by atoms with van der Waals surface area (Å²) in [6.07, 6.45) is 2.44. The maximum atomic E-state index is 12.5. The highest BCUT2D eigenvalue weighted by molar-refractivity contribution is 6.00. The number of nitrogens with one attached hydrogen (secondary N) is 1. The fraction of sp³-hybridized carbons (Fsp3) is 0.154. The number of piperidine rings is 1. The zero-order valence-corrected chi connectivity index (χ0v) is 18.9. The normalized spacial score (nSPS) is 15.8. The molecule has 1 saturated heterocycles. The molecule has 6 rings (SSSR count). The summed E-state index contributed by atoms with van der Waals surface area (Å²) >= 11 is 0. The van der Waals surface area contributed by atoms with Crippen molar-refractivity contribution in [2.75, 3.05) is 0 Å². The third kappa shape index (κ3) is 3.98. The number of nitrogens with zero attached hydrogens (tertiary/aromatic N) is 4. The van der Waals surface area contributed by atoms with Crippen LogP contribution in [-0.4, -0.2) is 31.5 Å². The van der Waals surface area contributed by atoms with E-state index in [1.165, 1.54) is 4.57 Å². The van der Waals surface area contributed by atoms with Crippen molar-refractivity contribution in [2.24, 2.45) is 0 Å². The molecular formula is C26H19N5O5. The highest BCUT2D eigenvalue weighted by atomic mass is 16.5. The molecule has 2 amide bonds. The van der Waals surface area contributed by atoms with Crippen molar-refractivity contribution < 1.29 is 18.5 Å². The Morgan fingerprint density at radius 2 is 1.89 bits per heavy atom. The minimum atomic E-state index is -0.812. The van der Waals surface area contributed by atoms with Crippen LogP contribution in [0.1, 0.15) is 30.3 Å². The molecule has 36 heavy (non-hydrogen) atoms. The summed E-state index contributed by atoms with van der Waals surface area (Å²) in [5.41, 5.74) is 4.20. The Labute approximate surface area is 203 Å². The summed E-state index contributed by atoms with van der Waals surface area (Å²) < 4.78 is 12.1. The zero-order valence-electron chi connectivity index (χ0n) is 18.9. The number of carbonyl (C=O) groups excluding carboxylic acids is 2. The van der Waals surface area contributed by atoms with Crippen LogP contribution in [0.25, 0.3) is 33.7 Å². The Kier molecular flexibility index (Phi) is 5.25. The molecule has 0 radical (unpaired) electrons. The van der Waals surface area contributed by atoms with Crippen LogP contribution in [0.2, 0.25) is 0 Å². The lowest BCUT2D eigenvalue weighted by molar-refractivity contribution is -0.135. The predicted octanol–water partition coefficient (Wildman–Crippen LogP) is 3.28. The van der Waals surface area contributed by atoms with Gasteiger partial charge in [0, 0.05) is 23.7 Å². The number of imide groups is 1. The first-order chi connectivity index (χ1) is 17.5. The molecule has 1 atom stereocenters. The number of fused-ring (bicyclic) bond motifs is 1. The van der Waals surface area contributed by atoms with E-state index in [9.17, 15) is 14.4 Å². The predicted molar refractivity (Wildman–Crippen MR) is 128 cm³/mol. The van der Waals surface area contributed by atoms with Gasteiger partial charge in [-0.2, -0.15) is 4.98 Å². The number of hydrogen-bond donors (Lipinski definition) is 1. The van der Waals surface area contributed by atoms with E-state index in [0.717, 1.165) is 22.4 Å². The number of benzene rings is 2. The molecule has 0 bridgehead atoms. The van der Waals surface area contributed by atoms with Crippen LogP contribution < -0.4 is 11.1 Å². The summed E-state index contributed by atoms with van der Waals surface area (Å²) in [7, 11) is 0. The first-order valence-corrected chi connectivity index (χ1v) is 11.4. The third-order valence-corrected chi connectivity index (χ3v) is 6.10. The molecule has 4 heterocycles. The van der Waals surface area contributed by atoms with E-state index in [1.807, 2.05) is 42.5 Å². The molecule has 1 aliphatic heterocycles. The average Bonchev–Trinajstić information content (AvgIpc) is 3.48. The van der Waals surface area contributed by atoms with E-state index in [4.69, 9.17) is 8.94 Å². The van der Waals surface area contributed by atoms with E-state index in [-0.39, 0.29) is 18.7 Å². The van der Waals surface area contributed by atoms with Gasteiger partial charge in [0.15, 0.2) is 5.58 Å². The van der Waals surface area contributed by atoms with E-state index in [2.05, 4.69) is 20.4 Å². The SMILES string of the molecule is O=C1CCC(n2c(=O)oc3ccc(Cc4nc(-c5cccc(-c6ccccn6)c5)no4)cc32)C(=O)N1. The largest absolute Gasteiger partial charge is 0.420 e. The average molecular weight is 481 g/mol. The first-order valence-electron chi connectivity index (χ1n) is 11.4. The van der Waals surface area contributed by atoms with Crippen molar-refractivity contribution in [3.8, 4) is 22.6 Å². The Bertz CT molecular complexity index is 1670. The van der Waals surface area contributed by atoms with Gasteiger partial charge in [-0.15, -0.1) is 0 Å². The van der Waals surface area contributed by atoms with Gasteiger partial charge in [0.1, 0.15) is 6.04 Å². The van der Waals surface area contributed by atoms with Crippen molar-refractivity contribution in [2.45, 2.75) is 25.3 Å². The molecule has 3 aromatic heterocycles. The molecule has 0 spiro atoms. The molecule has 0 aliphatic carbocycles. The van der Waals surface area contributed by atoms with Crippen molar-refractivity contribution in [3.63, 3.8) is 0 Å². The van der Waals surface area contributed by atoms with Gasteiger partial charge in [0.05, 0.1) is 17.6 Å². The van der Waals surface area contributed by atoms with Crippen LogP contribution in [0, 0.1) is 0 Å². The molecule has 1 fully saturated rings. The maximum Gasteiger partial charge on any atom is 0.420 e. The van der Waals surface area contributed by atoms with Crippen LogP contribution in [0.5, 0.6) is 0 Å². The van der Waals surface area contributed by atoms with Crippen molar-refractivity contribution in [1.29, 1.82) is 0 Å². The number of aromatic nitrogens is 4. The summed E-state index contributed by atoms with van der Waals surface area (Å²) in [4.78, 5) is 45.3. The summed E-state index contributed by atoms with van der Waals surface area (Å²) in [6, 6.07) is 17.9. The number of rotatable bonds is 5. The molecule has 10 heteroatoms. The molecule has 2 aromatic carbocycles. The Morgan fingerprint density at radius 3 is 2.72 bits per heavy atom. The van der Waals surface area contributed by atoms with Crippen molar-refractivity contribution >= 4 is 22.9 Å². The molecule has 1 N–H and O–H groups in total. The minimum absolute atomic E-state index is 0.154. The number of amides is 2. The number of hydrogen-bond acceptors (Lipinski definition) is 8. The number of pyridine rings is 1. The highest BCUT2D eigenvalue weighted by Gasteiger charge is 2.31. The second kappa shape index (κ2) is 8.73. The number of carbonyl (C=O) groups is 2. The van der Waals surface area contributed by atoms with Gasteiger partial charge >= 0.3 is 5.76 Å². The van der Waals surface area contributed by atoms with Crippen LogP contribution in [0.4, 0.5) is 0 Å². The standard InChI is InChI=1S/C26H19N5O5/c32-22-10-8-19(25(33)28-22)31-20-12-15(7-9-21(20)35-26(31)34)13-23-29-24(30-36-23)17-5-3-4-16(14-17)18-6-1-2-11-27-18/h1-7,9,11-12,14,19H,8,10,13H2,(H,28,32,33). The van der Waals surface area contributed by atoms with E-state index in [0.29, 0.717) is 29.2 Å². The highest BCUT2D eigenvalue weighted by Crippen LogP contribution is 2.26. The quantitative estimate of drug-likeness (QED) is 0.378. The Hall–Kier alpha value is -4.86. The van der Waals surface area contributed by atoms with Gasteiger partial charge in [-0.1, -0.05) is 35.5 Å². The molecule has 1 unspecified atom stereocenters. The maximum absolute atomic E-state index is 12.5. The summed E-state index contributed by atoms with van der Waals surface area (Å²) in [5, 5.41) is 6.41. The van der Waals surface area contributed by atoms with E-state index < -0.39 is 17.7 Å². The second-order valence-corrected chi connectivity index (χ2v) is 8.49. The summed E-state index contributed by atoms with van der Waals surface area (Å²) in [5.74, 6) is -0.672. The zero-order chi connectivity index (χ0) is 24.6.